The lowest BCUT2D eigenvalue weighted by Crippen LogP contribution is -2.39. The van der Waals surface area contributed by atoms with Gasteiger partial charge < -0.3 is 5.32 Å². The van der Waals surface area contributed by atoms with Gasteiger partial charge in [0.2, 0.25) is 15.9 Å². The van der Waals surface area contributed by atoms with Gasteiger partial charge in [0, 0.05) is 11.3 Å². The third-order valence-electron chi connectivity index (χ3n) is 2.78. The molecule has 1 unspecified atom stereocenters. The van der Waals surface area contributed by atoms with E-state index in [9.17, 15) is 22.0 Å². The van der Waals surface area contributed by atoms with Gasteiger partial charge in [-0.3, -0.25) is 10.1 Å². The van der Waals surface area contributed by atoms with Crippen LogP contribution in [0.5, 0.6) is 0 Å². The predicted molar refractivity (Wildman–Crippen MR) is 68.9 cm³/mol. The van der Waals surface area contributed by atoms with Gasteiger partial charge in [0.1, 0.15) is 4.21 Å². The van der Waals surface area contributed by atoms with Crippen molar-refractivity contribution in [2.75, 3.05) is 6.54 Å². The van der Waals surface area contributed by atoms with E-state index in [-0.39, 0.29) is 10.8 Å². The van der Waals surface area contributed by atoms with Gasteiger partial charge in [-0.1, -0.05) is 0 Å². The van der Waals surface area contributed by atoms with Crippen molar-refractivity contribution in [2.24, 2.45) is 5.14 Å². The first kappa shape index (κ1) is 15.3. The molecule has 2 rings (SSSR count). The quantitative estimate of drug-likeness (QED) is 0.726. The molecule has 1 aliphatic heterocycles. The Morgan fingerprint density at radius 3 is 2.75 bits per heavy atom. The Hall–Kier alpha value is -1.10. The van der Waals surface area contributed by atoms with Gasteiger partial charge in [0.25, 0.3) is 5.92 Å². The summed E-state index contributed by atoms with van der Waals surface area (Å²) in [5, 5.41) is 9.88. The molecular formula is C10H13F2N3O3S2. The van der Waals surface area contributed by atoms with Crippen LogP contribution >= 0.6 is 11.3 Å². The van der Waals surface area contributed by atoms with Crippen LogP contribution in [-0.2, 0) is 21.4 Å². The van der Waals surface area contributed by atoms with Crippen molar-refractivity contribution < 1.29 is 22.0 Å². The normalized spacial score (nSPS) is 21.9. The Labute approximate surface area is 118 Å². The summed E-state index contributed by atoms with van der Waals surface area (Å²) >= 11 is 0.928. The molecular weight excluding hydrogens is 312 g/mol. The minimum atomic E-state index is -3.76. The molecule has 2 heterocycles. The van der Waals surface area contributed by atoms with Crippen molar-refractivity contribution in [3.8, 4) is 0 Å². The van der Waals surface area contributed by atoms with Gasteiger partial charge in [-0.2, -0.15) is 0 Å². The van der Waals surface area contributed by atoms with E-state index in [2.05, 4.69) is 10.6 Å². The number of nitrogens with two attached hydrogens (primary N) is 1. The molecule has 1 fully saturated rings. The summed E-state index contributed by atoms with van der Waals surface area (Å²) in [6.45, 7) is -0.442. The number of alkyl halides is 2. The first-order chi connectivity index (χ1) is 9.17. The molecule has 4 N–H and O–H groups in total. The summed E-state index contributed by atoms with van der Waals surface area (Å²) in [5.41, 5.74) is 0. The maximum Gasteiger partial charge on any atom is 0.262 e. The zero-order chi connectivity index (χ0) is 15.0. The monoisotopic (exact) mass is 325 g/mol. The van der Waals surface area contributed by atoms with Crippen LogP contribution in [0, 0.1) is 0 Å². The highest BCUT2D eigenvalue weighted by atomic mass is 32.2. The minimum absolute atomic E-state index is 0.00715. The molecule has 0 saturated carbocycles. The molecule has 0 aliphatic carbocycles. The second-order valence-electron chi connectivity index (χ2n) is 4.48. The van der Waals surface area contributed by atoms with Crippen molar-refractivity contribution in [1.82, 2.24) is 10.6 Å². The zero-order valence-corrected chi connectivity index (χ0v) is 11.9. The van der Waals surface area contributed by atoms with Crippen molar-refractivity contribution in [3.63, 3.8) is 0 Å². The first-order valence-electron chi connectivity index (χ1n) is 5.68. The summed E-state index contributed by atoms with van der Waals surface area (Å²) in [6, 6.07) is 1.92. The molecule has 20 heavy (non-hydrogen) atoms. The van der Waals surface area contributed by atoms with Crippen LogP contribution in [0.4, 0.5) is 8.78 Å². The molecule has 1 aliphatic rings. The second kappa shape index (κ2) is 5.35. The lowest BCUT2D eigenvalue weighted by molar-refractivity contribution is -0.123. The number of rotatable bonds is 4. The highest BCUT2D eigenvalue weighted by molar-refractivity contribution is 7.91. The Bertz CT molecular complexity index is 615. The van der Waals surface area contributed by atoms with Crippen LogP contribution in [-0.4, -0.2) is 32.8 Å². The average molecular weight is 325 g/mol. The molecule has 112 valence electrons. The van der Waals surface area contributed by atoms with E-state index in [1.54, 1.807) is 0 Å². The van der Waals surface area contributed by atoms with Crippen LogP contribution in [0.25, 0.3) is 0 Å². The zero-order valence-electron chi connectivity index (χ0n) is 10.2. The maximum absolute atomic E-state index is 12.9. The van der Waals surface area contributed by atoms with Gasteiger partial charge in [0.05, 0.1) is 19.1 Å². The van der Waals surface area contributed by atoms with Gasteiger partial charge in [0.15, 0.2) is 0 Å². The highest BCUT2D eigenvalue weighted by Crippen LogP contribution is 2.25. The lowest BCUT2D eigenvalue weighted by Gasteiger charge is -2.10. The highest BCUT2D eigenvalue weighted by Gasteiger charge is 2.42. The maximum atomic E-state index is 12.9. The second-order valence-corrected chi connectivity index (χ2v) is 7.43. The summed E-state index contributed by atoms with van der Waals surface area (Å²) in [5.74, 6) is -3.40. The van der Waals surface area contributed by atoms with Crippen molar-refractivity contribution in [2.45, 2.75) is 29.1 Å². The Kier molecular flexibility index (Phi) is 4.09. The fourth-order valence-corrected chi connectivity index (χ4v) is 3.52. The number of carbonyl (C=O) groups is 1. The van der Waals surface area contributed by atoms with Crippen LogP contribution in [0.2, 0.25) is 0 Å². The number of amides is 1. The van der Waals surface area contributed by atoms with E-state index in [0.717, 1.165) is 11.3 Å². The number of carbonyl (C=O) groups excluding carboxylic acids is 1. The van der Waals surface area contributed by atoms with E-state index in [1.807, 2.05) is 0 Å². The van der Waals surface area contributed by atoms with E-state index >= 15 is 0 Å². The average Bonchev–Trinajstić information content (AvgIpc) is 2.91. The van der Waals surface area contributed by atoms with Crippen LogP contribution in [0.15, 0.2) is 16.3 Å². The van der Waals surface area contributed by atoms with Crippen LogP contribution in [0.3, 0.4) is 0 Å². The third-order valence-corrected chi connectivity index (χ3v) is 5.30. The summed E-state index contributed by atoms with van der Waals surface area (Å²) in [6.07, 6.45) is -0.536. The lowest BCUT2D eigenvalue weighted by atomic mass is 10.2. The van der Waals surface area contributed by atoms with Gasteiger partial charge in [-0.05, 0) is 12.1 Å². The third kappa shape index (κ3) is 3.72. The van der Waals surface area contributed by atoms with E-state index in [4.69, 9.17) is 5.14 Å². The fourth-order valence-electron chi connectivity index (χ4n) is 1.80. The number of halogens is 2. The molecule has 0 bridgehead atoms. The summed E-state index contributed by atoms with van der Waals surface area (Å²) in [4.78, 5) is 12.2. The first-order valence-corrected chi connectivity index (χ1v) is 8.04. The topological polar surface area (TPSA) is 101 Å². The molecule has 1 saturated heterocycles. The van der Waals surface area contributed by atoms with Crippen LogP contribution < -0.4 is 15.8 Å². The van der Waals surface area contributed by atoms with Gasteiger partial charge >= 0.3 is 0 Å². The van der Waals surface area contributed by atoms with E-state index in [1.165, 1.54) is 12.1 Å². The molecule has 0 aromatic carbocycles. The smallest absolute Gasteiger partial charge is 0.262 e. The molecule has 0 spiro atoms. The Morgan fingerprint density at radius 2 is 2.25 bits per heavy atom. The molecule has 6 nitrogen and oxygen atoms in total. The van der Waals surface area contributed by atoms with E-state index < -0.39 is 40.9 Å². The number of sulfonamides is 1. The van der Waals surface area contributed by atoms with Gasteiger partial charge in [-0.15, -0.1) is 11.3 Å². The molecule has 1 aromatic heterocycles. The molecule has 1 atom stereocenters. The van der Waals surface area contributed by atoms with Crippen molar-refractivity contribution in [1.29, 1.82) is 0 Å². The Balaban J connectivity index is 1.90. The summed E-state index contributed by atoms with van der Waals surface area (Å²) < 4.78 is 48.0. The largest absolute Gasteiger partial charge is 0.350 e. The van der Waals surface area contributed by atoms with E-state index in [0.29, 0.717) is 4.88 Å². The van der Waals surface area contributed by atoms with Crippen molar-refractivity contribution in [3.05, 3.63) is 17.0 Å². The predicted octanol–water partition coefficient (Wildman–Crippen LogP) is 0.00890. The number of primary sulfonamides is 1. The Morgan fingerprint density at radius 1 is 1.55 bits per heavy atom. The summed E-state index contributed by atoms with van der Waals surface area (Å²) in [7, 11) is -3.76. The number of hydrogen-bond acceptors (Lipinski definition) is 5. The standard InChI is InChI=1S/C10H13F2N3O3S2/c11-10(12)3-7(15-5-10)9(16)14-4-6-1-2-8(19-6)20(13,17)18/h1-2,7,15H,3-5H2,(H,14,16)(H2,13,17,18). The number of hydrogen-bond donors (Lipinski definition) is 3. The molecule has 0 radical (unpaired) electrons. The number of thiophene rings is 1. The molecule has 10 heteroatoms. The molecule has 1 amide bonds. The SMILES string of the molecule is NS(=O)(=O)c1ccc(CNC(=O)C2CC(F)(F)CN2)s1. The van der Waals surface area contributed by atoms with Gasteiger partial charge in [-0.25, -0.2) is 22.3 Å². The van der Waals surface area contributed by atoms with Crippen LogP contribution in [0.1, 0.15) is 11.3 Å². The fraction of sp³-hybridized carbons (Fsp3) is 0.500. The number of nitrogens with one attached hydrogen (secondary N) is 2. The minimum Gasteiger partial charge on any atom is -0.350 e. The molecule has 1 aromatic rings. The van der Waals surface area contributed by atoms with Crippen molar-refractivity contribution >= 4 is 27.3 Å².